The Balaban J connectivity index is 1.44. The van der Waals surface area contributed by atoms with E-state index in [1.165, 1.54) is 4.31 Å². The van der Waals surface area contributed by atoms with Crippen LogP contribution in [-0.2, 0) is 14.8 Å². The molecule has 0 aliphatic carbocycles. The predicted molar refractivity (Wildman–Crippen MR) is 119 cm³/mol. The van der Waals surface area contributed by atoms with Crippen LogP contribution in [0.15, 0.2) is 47.4 Å². The lowest BCUT2D eigenvalue weighted by Crippen LogP contribution is -2.38. The Kier molecular flexibility index (Phi) is 7.56. The van der Waals surface area contributed by atoms with Crippen molar-refractivity contribution in [3.8, 4) is 11.5 Å². The van der Waals surface area contributed by atoms with Gasteiger partial charge in [0.1, 0.15) is 18.1 Å². The number of carbonyl (C=O) groups excluding carboxylic acids is 1. The van der Waals surface area contributed by atoms with Gasteiger partial charge >= 0.3 is 0 Å². The molecule has 0 spiro atoms. The van der Waals surface area contributed by atoms with Crippen LogP contribution in [0.1, 0.15) is 30.9 Å². The molecule has 7 nitrogen and oxygen atoms in total. The van der Waals surface area contributed by atoms with E-state index in [1.807, 2.05) is 32.0 Å². The number of benzene rings is 2. The number of nitrogens with one attached hydrogen (secondary N) is 1. The van der Waals surface area contributed by atoms with Gasteiger partial charge in [-0.1, -0.05) is 12.1 Å². The zero-order valence-electron chi connectivity index (χ0n) is 18.3. The van der Waals surface area contributed by atoms with Crippen molar-refractivity contribution in [1.29, 1.82) is 0 Å². The summed E-state index contributed by atoms with van der Waals surface area (Å²) in [6.07, 6.45) is 1.18. The first-order valence-corrected chi connectivity index (χ1v) is 12.0. The number of nitrogens with zero attached hydrogens (tertiary/aromatic N) is 1. The van der Waals surface area contributed by atoms with E-state index in [9.17, 15) is 13.2 Å². The highest BCUT2D eigenvalue weighted by molar-refractivity contribution is 7.89. The molecule has 1 amide bonds. The Morgan fingerprint density at radius 1 is 1.10 bits per heavy atom. The first kappa shape index (κ1) is 23.1. The molecule has 1 unspecified atom stereocenters. The van der Waals surface area contributed by atoms with E-state index in [0.29, 0.717) is 31.1 Å². The molecule has 0 radical (unpaired) electrons. The average molecular weight is 447 g/mol. The molecule has 2 aromatic rings. The van der Waals surface area contributed by atoms with Gasteiger partial charge in [-0.15, -0.1) is 0 Å². The molecule has 0 aromatic heterocycles. The van der Waals surface area contributed by atoms with Crippen LogP contribution in [0.4, 0.5) is 0 Å². The number of hydrogen-bond acceptors (Lipinski definition) is 5. The third kappa shape index (κ3) is 5.98. The summed E-state index contributed by atoms with van der Waals surface area (Å²) in [4.78, 5) is 12.5. The number of aryl methyl sites for hydroxylation is 2. The minimum atomic E-state index is -3.43. The van der Waals surface area contributed by atoms with Crippen molar-refractivity contribution in [1.82, 2.24) is 9.62 Å². The Labute approximate surface area is 184 Å². The third-order valence-electron chi connectivity index (χ3n) is 5.21. The molecular weight excluding hydrogens is 416 g/mol. The normalized spacial score (nSPS) is 15.5. The molecule has 0 bridgehead atoms. The topological polar surface area (TPSA) is 84.9 Å². The number of carbonyl (C=O) groups is 1. The van der Waals surface area contributed by atoms with E-state index in [1.54, 1.807) is 31.2 Å². The molecule has 1 N–H and O–H groups in total. The summed E-state index contributed by atoms with van der Waals surface area (Å²) in [6, 6.07) is 12.3. The summed E-state index contributed by atoms with van der Waals surface area (Å²) in [5.74, 6) is 1.02. The van der Waals surface area contributed by atoms with E-state index in [4.69, 9.17) is 9.47 Å². The molecule has 1 aliphatic heterocycles. The van der Waals surface area contributed by atoms with Gasteiger partial charge in [0.2, 0.25) is 10.0 Å². The van der Waals surface area contributed by atoms with Gasteiger partial charge in [-0.3, -0.25) is 4.79 Å². The van der Waals surface area contributed by atoms with Crippen molar-refractivity contribution in [2.24, 2.45) is 0 Å². The van der Waals surface area contributed by atoms with Gasteiger partial charge in [-0.25, -0.2) is 8.42 Å². The van der Waals surface area contributed by atoms with Crippen LogP contribution in [0, 0.1) is 13.8 Å². The Hall–Kier alpha value is -2.58. The molecule has 1 heterocycles. The van der Waals surface area contributed by atoms with E-state index in [-0.39, 0.29) is 17.4 Å². The minimum Gasteiger partial charge on any atom is -0.492 e. The van der Waals surface area contributed by atoms with Crippen molar-refractivity contribution >= 4 is 15.9 Å². The highest BCUT2D eigenvalue weighted by Gasteiger charge is 2.26. The van der Waals surface area contributed by atoms with Crippen LogP contribution in [0.25, 0.3) is 0 Å². The van der Waals surface area contributed by atoms with Gasteiger partial charge in [0.25, 0.3) is 5.91 Å². The highest BCUT2D eigenvalue weighted by atomic mass is 32.2. The monoisotopic (exact) mass is 446 g/mol. The van der Waals surface area contributed by atoms with Crippen molar-refractivity contribution in [3.63, 3.8) is 0 Å². The second-order valence-electron chi connectivity index (χ2n) is 7.75. The van der Waals surface area contributed by atoms with Crippen LogP contribution in [0.5, 0.6) is 11.5 Å². The summed E-state index contributed by atoms with van der Waals surface area (Å²) in [5.41, 5.74) is 2.05. The highest BCUT2D eigenvalue weighted by Crippen LogP contribution is 2.23. The van der Waals surface area contributed by atoms with Gasteiger partial charge in [0, 0.05) is 13.1 Å². The molecule has 3 rings (SSSR count). The molecule has 1 aliphatic rings. The van der Waals surface area contributed by atoms with E-state index in [0.717, 1.165) is 24.0 Å². The van der Waals surface area contributed by atoms with E-state index < -0.39 is 16.1 Å². The van der Waals surface area contributed by atoms with E-state index in [2.05, 4.69) is 5.32 Å². The van der Waals surface area contributed by atoms with Crippen LogP contribution in [0.3, 0.4) is 0 Å². The minimum absolute atomic E-state index is 0.225. The number of sulfonamides is 1. The maximum absolute atomic E-state index is 12.5. The molecule has 0 saturated carbocycles. The largest absolute Gasteiger partial charge is 0.492 e. The Morgan fingerprint density at radius 3 is 2.45 bits per heavy atom. The second-order valence-corrected chi connectivity index (χ2v) is 9.69. The van der Waals surface area contributed by atoms with Crippen molar-refractivity contribution < 1.29 is 22.7 Å². The third-order valence-corrected chi connectivity index (χ3v) is 7.13. The second kappa shape index (κ2) is 10.2. The van der Waals surface area contributed by atoms with Gasteiger partial charge in [0.05, 0.1) is 11.4 Å². The Morgan fingerprint density at radius 2 is 1.77 bits per heavy atom. The van der Waals surface area contributed by atoms with Crippen molar-refractivity contribution in [2.45, 2.75) is 44.6 Å². The lowest BCUT2D eigenvalue weighted by molar-refractivity contribution is -0.127. The zero-order valence-corrected chi connectivity index (χ0v) is 19.1. The summed E-state index contributed by atoms with van der Waals surface area (Å²) in [6.45, 7) is 7.35. The maximum atomic E-state index is 12.5. The fraction of sp³-hybridized carbons (Fsp3) is 0.435. The number of amides is 1. The molecule has 31 heavy (non-hydrogen) atoms. The number of hydrogen-bond donors (Lipinski definition) is 1. The van der Waals surface area contributed by atoms with Gasteiger partial charge < -0.3 is 14.8 Å². The molecule has 1 saturated heterocycles. The van der Waals surface area contributed by atoms with Crippen LogP contribution < -0.4 is 14.8 Å². The first-order chi connectivity index (χ1) is 14.8. The predicted octanol–water partition coefficient (Wildman–Crippen LogP) is 3.05. The van der Waals surface area contributed by atoms with Crippen LogP contribution in [-0.4, -0.2) is 51.0 Å². The van der Waals surface area contributed by atoms with Crippen LogP contribution >= 0.6 is 0 Å². The molecule has 8 heteroatoms. The first-order valence-electron chi connectivity index (χ1n) is 10.5. The van der Waals surface area contributed by atoms with Gasteiger partial charge in [-0.2, -0.15) is 4.31 Å². The Bertz CT molecular complexity index is 999. The molecule has 168 valence electrons. The summed E-state index contributed by atoms with van der Waals surface area (Å²) in [5, 5.41) is 2.79. The standard InChI is InChI=1S/C23H30N2O5S/c1-17-6-7-18(2)22(16-17)30-19(3)23(26)24-12-15-29-20-8-10-21(11-9-20)31(27,28)25-13-4-5-14-25/h6-11,16,19H,4-5,12-15H2,1-3H3,(H,24,26). The van der Waals surface area contributed by atoms with Crippen LogP contribution in [0.2, 0.25) is 0 Å². The number of ether oxygens (including phenoxy) is 2. The lowest BCUT2D eigenvalue weighted by Gasteiger charge is -2.17. The fourth-order valence-electron chi connectivity index (χ4n) is 3.35. The SMILES string of the molecule is Cc1ccc(C)c(OC(C)C(=O)NCCOc2ccc(S(=O)(=O)N3CCCC3)cc2)c1. The van der Waals surface area contributed by atoms with Gasteiger partial charge in [-0.05, 0) is 75.1 Å². The summed E-state index contributed by atoms with van der Waals surface area (Å²) < 4.78 is 38.0. The zero-order chi connectivity index (χ0) is 22.4. The van der Waals surface area contributed by atoms with E-state index >= 15 is 0 Å². The quantitative estimate of drug-likeness (QED) is 0.599. The molecule has 1 atom stereocenters. The van der Waals surface area contributed by atoms with Crippen molar-refractivity contribution in [2.75, 3.05) is 26.2 Å². The fourth-order valence-corrected chi connectivity index (χ4v) is 4.87. The van der Waals surface area contributed by atoms with Crippen molar-refractivity contribution in [3.05, 3.63) is 53.6 Å². The summed E-state index contributed by atoms with van der Waals surface area (Å²) in [7, 11) is -3.43. The molecule has 1 fully saturated rings. The average Bonchev–Trinajstić information content (AvgIpc) is 3.30. The molecule has 2 aromatic carbocycles. The summed E-state index contributed by atoms with van der Waals surface area (Å²) >= 11 is 0. The maximum Gasteiger partial charge on any atom is 0.260 e. The molecular formula is C23H30N2O5S. The number of rotatable bonds is 9. The lowest BCUT2D eigenvalue weighted by atomic mass is 10.1. The van der Waals surface area contributed by atoms with Gasteiger partial charge in [0.15, 0.2) is 6.10 Å². The smallest absolute Gasteiger partial charge is 0.260 e.